The van der Waals surface area contributed by atoms with Crippen molar-refractivity contribution < 1.29 is 20.1 Å². The molecule has 1 amide bonds. The molecule has 332 valence electrons. The molecule has 0 radical (unpaired) electrons. The fraction of sp³-hybridized carbons (Fsp3) is 0.902. The van der Waals surface area contributed by atoms with E-state index >= 15 is 0 Å². The van der Waals surface area contributed by atoms with Crippen molar-refractivity contribution in [2.45, 2.75) is 289 Å². The average molecular weight is 790 g/mol. The predicted molar refractivity (Wildman–Crippen MR) is 245 cm³/mol. The lowest BCUT2D eigenvalue weighted by atomic mass is 10.0. The molecule has 3 atom stereocenters. The molecule has 4 N–H and O–H groups in total. The zero-order valence-corrected chi connectivity index (χ0v) is 37.8. The number of aliphatic hydroxyl groups excluding tert-OH is 3. The number of hydrogen-bond donors (Lipinski definition) is 4. The van der Waals surface area contributed by atoms with Crippen LogP contribution < -0.4 is 5.32 Å². The van der Waals surface area contributed by atoms with Gasteiger partial charge in [-0.05, 0) is 64.2 Å². The van der Waals surface area contributed by atoms with Crippen molar-refractivity contribution in [3.8, 4) is 0 Å². The summed E-state index contributed by atoms with van der Waals surface area (Å²) in [5.74, 6) is -0.152. The molecule has 3 unspecified atom stereocenters. The molecule has 5 nitrogen and oxygen atoms in total. The fourth-order valence-corrected chi connectivity index (χ4v) is 7.86. The third-order valence-electron chi connectivity index (χ3n) is 11.8. The van der Waals surface area contributed by atoms with Crippen molar-refractivity contribution >= 4 is 5.91 Å². The minimum absolute atomic E-state index is 0.152. The Balaban J connectivity index is 3.55. The van der Waals surface area contributed by atoms with Crippen molar-refractivity contribution in [2.24, 2.45) is 0 Å². The third kappa shape index (κ3) is 41.0. The molecule has 0 rings (SSSR count). The summed E-state index contributed by atoms with van der Waals surface area (Å²) in [5.41, 5.74) is 0. The van der Waals surface area contributed by atoms with Crippen LogP contribution in [0.3, 0.4) is 0 Å². The van der Waals surface area contributed by atoms with Gasteiger partial charge in [0.1, 0.15) is 6.10 Å². The van der Waals surface area contributed by atoms with Gasteiger partial charge in [0.2, 0.25) is 5.91 Å². The highest BCUT2D eigenvalue weighted by atomic mass is 16.3. The van der Waals surface area contributed by atoms with Crippen molar-refractivity contribution in [1.29, 1.82) is 0 Å². The van der Waals surface area contributed by atoms with Gasteiger partial charge < -0.3 is 20.6 Å². The SMILES string of the molecule is CCCCCCCCCCC/C=C/CCCC(O)C(O)C(CO)NC(=O)CCCCCCCCCCCCCC/C=C\CCCCCCCCCCCCCC. The Labute approximate surface area is 350 Å². The topological polar surface area (TPSA) is 89.8 Å². The van der Waals surface area contributed by atoms with Crippen molar-refractivity contribution in [3.05, 3.63) is 24.3 Å². The van der Waals surface area contributed by atoms with Gasteiger partial charge in [0.15, 0.2) is 0 Å². The number of aliphatic hydroxyl groups is 3. The average Bonchev–Trinajstić information content (AvgIpc) is 3.20. The number of carbonyl (C=O) groups is 1. The Bertz CT molecular complexity index is 829. The van der Waals surface area contributed by atoms with E-state index in [4.69, 9.17) is 0 Å². The first-order valence-electron chi connectivity index (χ1n) is 25.1. The summed E-state index contributed by atoms with van der Waals surface area (Å²) >= 11 is 0. The normalized spacial score (nSPS) is 13.6. The van der Waals surface area contributed by atoms with Gasteiger partial charge in [0.05, 0.1) is 18.8 Å². The predicted octanol–water partition coefficient (Wildman–Crippen LogP) is 14.9. The molecule has 0 aliphatic heterocycles. The quantitative estimate of drug-likeness (QED) is 0.0365. The minimum atomic E-state index is -1.16. The van der Waals surface area contributed by atoms with E-state index in [9.17, 15) is 20.1 Å². The number of rotatable bonds is 46. The van der Waals surface area contributed by atoms with E-state index in [1.165, 1.54) is 205 Å². The van der Waals surface area contributed by atoms with Gasteiger partial charge in [-0.25, -0.2) is 0 Å². The smallest absolute Gasteiger partial charge is 0.220 e. The number of hydrogen-bond acceptors (Lipinski definition) is 4. The molecule has 56 heavy (non-hydrogen) atoms. The van der Waals surface area contributed by atoms with E-state index in [2.05, 4.69) is 43.5 Å². The summed E-state index contributed by atoms with van der Waals surface area (Å²) in [5, 5.41) is 33.6. The zero-order chi connectivity index (χ0) is 40.8. The number of nitrogens with one attached hydrogen (secondary N) is 1. The summed E-state index contributed by atoms with van der Waals surface area (Å²) in [7, 11) is 0. The Morgan fingerprint density at radius 2 is 0.714 bits per heavy atom. The van der Waals surface area contributed by atoms with Gasteiger partial charge in [0.25, 0.3) is 0 Å². The highest BCUT2D eigenvalue weighted by Gasteiger charge is 2.26. The number of amides is 1. The summed E-state index contributed by atoms with van der Waals surface area (Å²) in [6.45, 7) is 4.18. The first-order chi connectivity index (χ1) is 27.6. The monoisotopic (exact) mass is 790 g/mol. The second kappa shape index (κ2) is 46.5. The summed E-state index contributed by atoms with van der Waals surface area (Å²) in [6, 6.07) is -0.824. The van der Waals surface area contributed by atoms with Crippen LogP contribution in [0.25, 0.3) is 0 Å². The van der Waals surface area contributed by atoms with Crippen LogP contribution in [0, 0.1) is 0 Å². The van der Waals surface area contributed by atoms with Crippen molar-refractivity contribution in [3.63, 3.8) is 0 Å². The lowest BCUT2D eigenvalue weighted by molar-refractivity contribution is -0.124. The minimum Gasteiger partial charge on any atom is -0.394 e. The molecule has 0 aromatic rings. The highest BCUT2D eigenvalue weighted by Crippen LogP contribution is 2.16. The van der Waals surface area contributed by atoms with Crippen LogP contribution in [0.2, 0.25) is 0 Å². The fourth-order valence-electron chi connectivity index (χ4n) is 7.86. The molecule has 0 heterocycles. The number of unbranched alkanes of at least 4 members (excludes halogenated alkanes) is 34. The lowest BCUT2D eigenvalue weighted by Crippen LogP contribution is -2.50. The van der Waals surface area contributed by atoms with Crippen LogP contribution in [-0.2, 0) is 4.79 Å². The van der Waals surface area contributed by atoms with E-state index in [-0.39, 0.29) is 12.5 Å². The molecule has 0 aromatic carbocycles. The van der Waals surface area contributed by atoms with Crippen LogP contribution >= 0.6 is 0 Å². The molecule has 0 aromatic heterocycles. The maximum absolute atomic E-state index is 12.5. The molecular formula is C51H99NO4. The summed E-state index contributed by atoms with van der Waals surface area (Å²) < 4.78 is 0. The van der Waals surface area contributed by atoms with Gasteiger partial charge in [-0.2, -0.15) is 0 Å². The second-order valence-electron chi connectivity index (χ2n) is 17.4. The van der Waals surface area contributed by atoms with Gasteiger partial charge in [0, 0.05) is 6.42 Å². The van der Waals surface area contributed by atoms with Gasteiger partial charge in [-0.1, -0.05) is 224 Å². The Hall–Kier alpha value is -1.17. The van der Waals surface area contributed by atoms with Gasteiger partial charge in [-0.3, -0.25) is 4.79 Å². The number of allylic oxidation sites excluding steroid dienone is 4. The van der Waals surface area contributed by atoms with Gasteiger partial charge >= 0.3 is 0 Å². The molecule has 0 bridgehead atoms. The Kier molecular flexibility index (Phi) is 45.5. The van der Waals surface area contributed by atoms with Crippen LogP contribution in [-0.4, -0.2) is 46.1 Å². The molecular weight excluding hydrogens is 691 g/mol. The van der Waals surface area contributed by atoms with Crippen LogP contribution in [0.1, 0.15) is 271 Å². The molecule has 5 heteroatoms. The largest absolute Gasteiger partial charge is 0.394 e. The van der Waals surface area contributed by atoms with E-state index < -0.39 is 18.2 Å². The standard InChI is InChI=1S/C51H99NO4/c1-3-5-7-9-11-13-15-17-19-20-21-22-23-24-25-26-27-28-29-30-31-32-34-36-38-40-42-44-46-50(55)52-48(47-53)51(56)49(54)45-43-41-39-37-35-33-18-16-14-12-10-8-6-4-2/h24-25,37,39,48-49,51,53-54,56H,3-23,26-36,38,40-47H2,1-2H3,(H,52,55)/b25-24-,39-37+. The lowest BCUT2D eigenvalue weighted by Gasteiger charge is -2.26. The second-order valence-corrected chi connectivity index (χ2v) is 17.4. The van der Waals surface area contributed by atoms with E-state index in [0.29, 0.717) is 12.8 Å². The van der Waals surface area contributed by atoms with Crippen LogP contribution in [0.15, 0.2) is 24.3 Å². The number of carbonyl (C=O) groups excluding carboxylic acids is 1. The first-order valence-corrected chi connectivity index (χ1v) is 25.1. The molecule has 0 fully saturated rings. The molecule has 0 saturated carbocycles. The molecule has 0 aliphatic rings. The van der Waals surface area contributed by atoms with Crippen molar-refractivity contribution in [2.75, 3.05) is 6.61 Å². The third-order valence-corrected chi connectivity index (χ3v) is 11.8. The maximum Gasteiger partial charge on any atom is 0.220 e. The zero-order valence-electron chi connectivity index (χ0n) is 37.8. The van der Waals surface area contributed by atoms with Crippen LogP contribution in [0.4, 0.5) is 0 Å². The highest BCUT2D eigenvalue weighted by molar-refractivity contribution is 5.76. The molecule has 0 saturated heterocycles. The maximum atomic E-state index is 12.5. The van der Waals surface area contributed by atoms with E-state index in [1.807, 2.05) is 0 Å². The van der Waals surface area contributed by atoms with E-state index in [0.717, 1.165) is 38.5 Å². The first kappa shape index (κ1) is 54.8. The molecule has 0 spiro atoms. The van der Waals surface area contributed by atoms with Crippen molar-refractivity contribution in [1.82, 2.24) is 5.32 Å². The summed E-state index contributed by atoms with van der Waals surface area (Å²) in [4.78, 5) is 12.5. The van der Waals surface area contributed by atoms with Crippen LogP contribution in [0.5, 0.6) is 0 Å². The Morgan fingerprint density at radius 1 is 0.429 bits per heavy atom. The van der Waals surface area contributed by atoms with E-state index in [1.54, 1.807) is 0 Å². The Morgan fingerprint density at radius 3 is 1.04 bits per heavy atom. The molecule has 0 aliphatic carbocycles. The van der Waals surface area contributed by atoms with Gasteiger partial charge in [-0.15, -0.1) is 0 Å². The summed E-state index contributed by atoms with van der Waals surface area (Å²) in [6.07, 6.45) is 57.5.